The molecule has 2 aromatic carbocycles. The first-order valence-electron chi connectivity index (χ1n) is 8.44. The van der Waals surface area contributed by atoms with Crippen LogP contribution in [0.25, 0.3) is 0 Å². The number of benzene rings is 2. The summed E-state index contributed by atoms with van der Waals surface area (Å²) in [6.45, 7) is 6.13. The molecule has 0 aliphatic carbocycles. The van der Waals surface area contributed by atoms with Crippen molar-refractivity contribution >= 4 is 5.91 Å². The molecule has 4 nitrogen and oxygen atoms in total. The second-order valence-electron chi connectivity index (χ2n) is 5.97. The number of halogens is 1. The van der Waals surface area contributed by atoms with Crippen molar-refractivity contribution in [3.63, 3.8) is 0 Å². The standard InChI is InChI=1S/C20H24FNO3/c1-4-18(25-19-8-6-5-7-17(19)21)20(23)22-13-15-9-11-16(12-10-15)24-14(2)3/h5-12,14,18H,4,13H2,1-3H3,(H,22,23)/t18-/m0/s1. The first-order valence-corrected chi connectivity index (χ1v) is 8.44. The number of rotatable bonds is 8. The van der Waals surface area contributed by atoms with E-state index in [0.717, 1.165) is 11.3 Å². The van der Waals surface area contributed by atoms with E-state index in [0.29, 0.717) is 13.0 Å². The van der Waals surface area contributed by atoms with Gasteiger partial charge in [0.05, 0.1) is 6.10 Å². The van der Waals surface area contributed by atoms with Gasteiger partial charge in [-0.3, -0.25) is 4.79 Å². The van der Waals surface area contributed by atoms with Gasteiger partial charge in [0.15, 0.2) is 17.7 Å². The van der Waals surface area contributed by atoms with Crippen molar-refractivity contribution in [3.05, 3.63) is 59.9 Å². The molecule has 0 aromatic heterocycles. The van der Waals surface area contributed by atoms with Crippen LogP contribution in [0, 0.1) is 5.82 Å². The number of amides is 1. The number of hydrogen-bond acceptors (Lipinski definition) is 3. The zero-order valence-corrected chi connectivity index (χ0v) is 14.8. The van der Waals surface area contributed by atoms with Crippen molar-refractivity contribution in [1.82, 2.24) is 5.32 Å². The molecule has 2 aromatic rings. The van der Waals surface area contributed by atoms with Crippen LogP contribution in [0.2, 0.25) is 0 Å². The fourth-order valence-corrected chi connectivity index (χ4v) is 2.28. The smallest absolute Gasteiger partial charge is 0.261 e. The molecule has 0 saturated heterocycles. The van der Waals surface area contributed by atoms with Crippen LogP contribution in [-0.2, 0) is 11.3 Å². The molecule has 0 unspecified atom stereocenters. The molecule has 5 heteroatoms. The van der Waals surface area contributed by atoms with E-state index in [2.05, 4.69) is 5.32 Å². The highest BCUT2D eigenvalue weighted by molar-refractivity contribution is 5.81. The second kappa shape index (κ2) is 9.06. The van der Waals surface area contributed by atoms with Crippen LogP contribution in [-0.4, -0.2) is 18.1 Å². The van der Waals surface area contributed by atoms with Gasteiger partial charge in [0.25, 0.3) is 5.91 Å². The average Bonchev–Trinajstić information content (AvgIpc) is 2.59. The quantitative estimate of drug-likeness (QED) is 0.784. The van der Waals surface area contributed by atoms with Crippen LogP contribution in [0.5, 0.6) is 11.5 Å². The molecule has 0 heterocycles. The number of para-hydroxylation sites is 1. The molecule has 2 rings (SSSR count). The Bertz CT molecular complexity index is 686. The van der Waals surface area contributed by atoms with Crippen LogP contribution in [0.4, 0.5) is 4.39 Å². The maximum Gasteiger partial charge on any atom is 0.261 e. The Morgan fingerprint density at radius 3 is 2.36 bits per heavy atom. The Morgan fingerprint density at radius 2 is 1.76 bits per heavy atom. The molecule has 134 valence electrons. The summed E-state index contributed by atoms with van der Waals surface area (Å²) in [6, 6.07) is 13.6. The predicted octanol–water partition coefficient (Wildman–Crippen LogP) is 4.09. The summed E-state index contributed by atoms with van der Waals surface area (Å²) in [5, 5.41) is 2.82. The van der Waals surface area contributed by atoms with Gasteiger partial charge in [0.1, 0.15) is 5.75 Å². The van der Waals surface area contributed by atoms with E-state index < -0.39 is 11.9 Å². The summed E-state index contributed by atoms with van der Waals surface area (Å²) in [4.78, 5) is 12.3. The summed E-state index contributed by atoms with van der Waals surface area (Å²) in [6.07, 6.45) is -0.173. The topological polar surface area (TPSA) is 47.6 Å². The Labute approximate surface area is 148 Å². The van der Waals surface area contributed by atoms with Gasteiger partial charge < -0.3 is 14.8 Å². The SMILES string of the molecule is CC[C@H](Oc1ccccc1F)C(=O)NCc1ccc(OC(C)C)cc1. The number of hydrogen-bond donors (Lipinski definition) is 1. The van der Waals surface area contributed by atoms with Crippen molar-refractivity contribution in [2.75, 3.05) is 0 Å². The normalized spacial score (nSPS) is 11.9. The highest BCUT2D eigenvalue weighted by atomic mass is 19.1. The zero-order chi connectivity index (χ0) is 18.2. The minimum atomic E-state index is -0.736. The van der Waals surface area contributed by atoms with E-state index in [1.807, 2.05) is 45.0 Å². The van der Waals surface area contributed by atoms with Gasteiger partial charge >= 0.3 is 0 Å². The Hall–Kier alpha value is -2.56. The Balaban J connectivity index is 1.90. The van der Waals surface area contributed by atoms with Gasteiger partial charge in [-0.25, -0.2) is 4.39 Å². The summed E-state index contributed by atoms with van der Waals surface area (Å²) < 4.78 is 24.7. The van der Waals surface area contributed by atoms with Gasteiger partial charge in [-0.05, 0) is 50.1 Å². The monoisotopic (exact) mass is 345 g/mol. The van der Waals surface area contributed by atoms with Crippen molar-refractivity contribution in [2.45, 2.75) is 45.9 Å². The van der Waals surface area contributed by atoms with E-state index in [-0.39, 0.29) is 17.8 Å². The lowest BCUT2D eigenvalue weighted by molar-refractivity contribution is -0.128. The summed E-state index contributed by atoms with van der Waals surface area (Å²) in [7, 11) is 0. The maximum absolute atomic E-state index is 13.7. The zero-order valence-electron chi connectivity index (χ0n) is 14.8. The first-order chi connectivity index (χ1) is 12.0. The molecule has 0 spiro atoms. The summed E-state index contributed by atoms with van der Waals surface area (Å²) in [5.74, 6) is 0.127. The minimum Gasteiger partial charge on any atom is -0.491 e. The molecule has 1 N–H and O–H groups in total. The largest absolute Gasteiger partial charge is 0.491 e. The third-order valence-corrected chi connectivity index (χ3v) is 3.53. The lowest BCUT2D eigenvalue weighted by Gasteiger charge is -2.17. The number of carbonyl (C=O) groups is 1. The fourth-order valence-electron chi connectivity index (χ4n) is 2.28. The van der Waals surface area contributed by atoms with Crippen molar-refractivity contribution < 1.29 is 18.7 Å². The van der Waals surface area contributed by atoms with E-state index in [1.54, 1.807) is 12.1 Å². The maximum atomic E-state index is 13.7. The molecular weight excluding hydrogens is 321 g/mol. The van der Waals surface area contributed by atoms with E-state index in [9.17, 15) is 9.18 Å². The minimum absolute atomic E-state index is 0.0830. The Kier molecular flexibility index (Phi) is 6.81. The molecule has 1 amide bonds. The van der Waals surface area contributed by atoms with Crippen LogP contribution in [0.15, 0.2) is 48.5 Å². The second-order valence-corrected chi connectivity index (χ2v) is 5.97. The lowest BCUT2D eigenvalue weighted by Crippen LogP contribution is -2.37. The van der Waals surface area contributed by atoms with Crippen LogP contribution < -0.4 is 14.8 Å². The molecule has 1 atom stereocenters. The first kappa shape index (κ1) is 18.8. The van der Waals surface area contributed by atoms with Crippen LogP contribution in [0.1, 0.15) is 32.8 Å². The Morgan fingerprint density at radius 1 is 1.08 bits per heavy atom. The fraction of sp³-hybridized carbons (Fsp3) is 0.350. The molecule has 0 bridgehead atoms. The lowest BCUT2D eigenvalue weighted by atomic mass is 10.2. The van der Waals surface area contributed by atoms with E-state index in [4.69, 9.17) is 9.47 Å². The average molecular weight is 345 g/mol. The molecular formula is C20H24FNO3. The van der Waals surface area contributed by atoms with Crippen LogP contribution in [0.3, 0.4) is 0 Å². The molecule has 25 heavy (non-hydrogen) atoms. The molecule has 0 aliphatic heterocycles. The third-order valence-electron chi connectivity index (χ3n) is 3.53. The molecule has 0 fully saturated rings. The number of nitrogens with one attached hydrogen (secondary N) is 1. The number of carbonyl (C=O) groups excluding carboxylic acids is 1. The highest BCUT2D eigenvalue weighted by Crippen LogP contribution is 2.18. The molecule has 0 saturated carbocycles. The van der Waals surface area contributed by atoms with Gasteiger partial charge in [-0.1, -0.05) is 31.2 Å². The van der Waals surface area contributed by atoms with Crippen LogP contribution >= 0.6 is 0 Å². The van der Waals surface area contributed by atoms with E-state index >= 15 is 0 Å². The highest BCUT2D eigenvalue weighted by Gasteiger charge is 2.19. The third kappa shape index (κ3) is 5.78. The van der Waals surface area contributed by atoms with Gasteiger partial charge in [0.2, 0.25) is 0 Å². The predicted molar refractivity (Wildman–Crippen MR) is 95.2 cm³/mol. The van der Waals surface area contributed by atoms with Gasteiger partial charge in [0, 0.05) is 6.54 Å². The molecule has 0 radical (unpaired) electrons. The van der Waals surface area contributed by atoms with Crippen molar-refractivity contribution in [1.29, 1.82) is 0 Å². The molecule has 0 aliphatic rings. The van der Waals surface area contributed by atoms with Crippen molar-refractivity contribution in [2.24, 2.45) is 0 Å². The van der Waals surface area contributed by atoms with E-state index in [1.165, 1.54) is 12.1 Å². The summed E-state index contributed by atoms with van der Waals surface area (Å²) in [5.41, 5.74) is 0.949. The van der Waals surface area contributed by atoms with Gasteiger partial charge in [-0.2, -0.15) is 0 Å². The summed E-state index contributed by atoms with van der Waals surface area (Å²) >= 11 is 0. The number of ether oxygens (including phenoxy) is 2. The van der Waals surface area contributed by atoms with Crippen molar-refractivity contribution in [3.8, 4) is 11.5 Å². The van der Waals surface area contributed by atoms with Gasteiger partial charge in [-0.15, -0.1) is 0 Å².